The van der Waals surface area contributed by atoms with E-state index in [0.29, 0.717) is 54.3 Å². The molecule has 0 radical (unpaired) electrons. The topological polar surface area (TPSA) is 115 Å². The fourth-order valence-electron chi connectivity index (χ4n) is 3.45. The molecule has 0 saturated carbocycles. The Morgan fingerprint density at radius 2 is 2.28 bits per heavy atom. The highest BCUT2D eigenvalue weighted by atomic mass is 32.1. The molecule has 2 aliphatic rings. The van der Waals surface area contributed by atoms with Crippen molar-refractivity contribution in [2.45, 2.75) is 25.9 Å². The van der Waals surface area contributed by atoms with Crippen molar-refractivity contribution >= 4 is 50.5 Å². The first-order chi connectivity index (χ1) is 15.6. The molecular weight excluding hydrogens is 434 g/mol. The van der Waals surface area contributed by atoms with Gasteiger partial charge in [0.1, 0.15) is 29.5 Å². The lowest BCUT2D eigenvalue weighted by Crippen LogP contribution is -2.28. The van der Waals surface area contributed by atoms with Crippen molar-refractivity contribution in [3.63, 3.8) is 0 Å². The molecule has 0 aliphatic carbocycles. The predicted octanol–water partition coefficient (Wildman–Crippen LogP) is 2.04. The molecule has 1 fully saturated rings. The van der Waals surface area contributed by atoms with Crippen molar-refractivity contribution in [2.24, 2.45) is 0 Å². The smallest absolute Gasteiger partial charge is 0.391 e. The van der Waals surface area contributed by atoms with E-state index in [1.807, 2.05) is 19.1 Å². The Balaban J connectivity index is 1.68. The molecule has 11 heteroatoms. The Hall–Kier alpha value is -2.89. The van der Waals surface area contributed by atoms with Gasteiger partial charge in [0.05, 0.1) is 13.2 Å². The summed E-state index contributed by atoms with van der Waals surface area (Å²) in [4.78, 5) is 34.3. The average molecular weight is 461 g/mol. The number of amides is 3. The number of hydrogen-bond acceptors (Lipinski definition) is 8. The van der Waals surface area contributed by atoms with E-state index in [1.54, 1.807) is 17.9 Å². The van der Waals surface area contributed by atoms with Gasteiger partial charge in [0.25, 0.3) is 0 Å². The number of ether oxygens (including phenoxy) is 3. The Morgan fingerprint density at radius 1 is 1.41 bits per heavy atom. The van der Waals surface area contributed by atoms with Crippen LogP contribution in [0.5, 0.6) is 5.88 Å². The van der Waals surface area contributed by atoms with Crippen LogP contribution in [0.25, 0.3) is 15.9 Å². The fourth-order valence-corrected chi connectivity index (χ4v) is 4.26. The van der Waals surface area contributed by atoms with Gasteiger partial charge < -0.3 is 19.5 Å². The maximum absolute atomic E-state index is 12.6. The molecule has 4 heterocycles. The van der Waals surface area contributed by atoms with Crippen molar-refractivity contribution in [1.29, 1.82) is 0 Å². The summed E-state index contributed by atoms with van der Waals surface area (Å²) in [6, 6.07) is 1.54. The van der Waals surface area contributed by atoms with E-state index in [9.17, 15) is 9.59 Å². The number of nitrogens with zero attached hydrogens (tertiary/aromatic N) is 3. The molecule has 4 rings (SSSR count). The van der Waals surface area contributed by atoms with Gasteiger partial charge in [0.15, 0.2) is 17.9 Å². The van der Waals surface area contributed by atoms with Gasteiger partial charge in [-0.1, -0.05) is 11.3 Å². The minimum atomic E-state index is -0.322. The average Bonchev–Trinajstić information content (AvgIpc) is 3.41. The number of aromatic nitrogens is 2. The Morgan fingerprint density at radius 3 is 3.00 bits per heavy atom. The van der Waals surface area contributed by atoms with Crippen molar-refractivity contribution in [3.8, 4) is 5.88 Å². The van der Waals surface area contributed by atoms with Gasteiger partial charge in [-0.2, -0.15) is 4.58 Å². The summed E-state index contributed by atoms with van der Waals surface area (Å²) in [6.07, 6.45) is 4.56. The van der Waals surface area contributed by atoms with Gasteiger partial charge >= 0.3 is 11.9 Å². The van der Waals surface area contributed by atoms with Crippen LogP contribution in [0.4, 0.5) is 9.93 Å². The first-order valence-corrected chi connectivity index (χ1v) is 11.3. The van der Waals surface area contributed by atoms with E-state index in [0.717, 1.165) is 17.6 Å². The van der Waals surface area contributed by atoms with Crippen LogP contribution in [0.1, 0.15) is 25.3 Å². The molecule has 2 aromatic rings. The fraction of sp³-hybridized carbons (Fsp3) is 0.476. The molecule has 2 aromatic heterocycles. The van der Waals surface area contributed by atoms with E-state index < -0.39 is 0 Å². The Labute approximate surface area is 189 Å². The third-order valence-corrected chi connectivity index (χ3v) is 5.95. The maximum atomic E-state index is 12.6. The maximum Gasteiger partial charge on any atom is 0.391 e. The molecule has 0 unspecified atom stereocenters. The summed E-state index contributed by atoms with van der Waals surface area (Å²) in [5, 5.41) is 5.84. The highest BCUT2D eigenvalue weighted by molar-refractivity contribution is 7.21. The molecule has 2 N–H and O–H groups in total. The Kier molecular flexibility index (Phi) is 7.08. The van der Waals surface area contributed by atoms with Crippen LogP contribution in [-0.2, 0) is 14.3 Å². The molecule has 10 nitrogen and oxygen atoms in total. The van der Waals surface area contributed by atoms with Gasteiger partial charge in [0, 0.05) is 31.7 Å². The van der Waals surface area contributed by atoms with E-state index >= 15 is 0 Å². The second-order valence-electron chi connectivity index (χ2n) is 7.37. The molecule has 3 amide bonds. The molecule has 2 aliphatic heterocycles. The number of rotatable bonds is 8. The summed E-state index contributed by atoms with van der Waals surface area (Å²) >= 11 is 1.27. The normalized spacial score (nSPS) is 18.4. The molecule has 170 valence electrons. The lowest BCUT2D eigenvalue weighted by atomic mass is 10.0. The monoisotopic (exact) mass is 460 g/mol. The highest BCUT2D eigenvalue weighted by Crippen LogP contribution is 2.35. The molecule has 0 spiro atoms. The van der Waals surface area contributed by atoms with Crippen LogP contribution in [0.15, 0.2) is 12.1 Å². The number of nitrogens with one attached hydrogen (secondary N) is 2. The number of carbonyl (C=O) groups excluding carboxylic acids is 2. The van der Waals surface area contributed by atoms with Crippen molar-refractivity contribution in [2.75, 3.05) is 45.3 Å². The SMILES string of the molecule is CCNC(=O)Nc1nc2cc(C3=CC=[N+](CCOC)C(=O)C3)c(O[C@@H]3CCOC3)nc2s1. The molecule has 1 saturated heterocycles. The van der Waals surface area contributed by atoms with Crippen molar-refractivity contribution in [1.82, 2.24) is 15.3 Å². The number of allylic oxidation sites excluding steroid dienone is 1. The summed E-state index contributed by atoms with van der Waals surface area (Å²) in [5.41, 5.74) is 2.15. The molecule has 1 atom stereocenters. The van der Waals surface area contributed by atoms with E-state index in [-0.39, 0.29) is 24.5 Å². The van der Waals surface area contributed by atoms with Gasteiger partial charge in [-0.15, -0.1) is 0 Å². The zero-order valence-corrected chi connectivity index (χ0v) is 18.9. The number of methoxy groups -OCH3 is 1. The van der Waals surface area contributed by atoms with Gasteiger partial charge in [-0.25, -0.2) is 19.6 Å². The van der Waals surface area contributed by atoms with Crippen LogP contribution in [0, 0.1) is 0 Å². The first-order valence-electron chi connectivity index (χ1n) is 10.5. The number of hydrogen-bond donors (Lipinski definition) is 2. The molecular formula is C21H26N5O5S+. The third kappa shape index (κ3) is 5.12. The van der Waals surface area contributed by atoms with Crippen LogP contribution in [-0.4, -0.2) is 78.8 Å². The number of thiazole rings is 1. The second kappa shape index (κ2) is 10.2. The van der Waals surface area contributed by atoms with E-state index in [4.69, 9.17) is 14.2 Å². The summed E-state index contributed by atoms with van der Waals surface area (Å²) in [6.45, 7) is 4.47. The third-order valence-electron chi connectivity index (χ3n) is 5.07. The zero-order chi connectivity index (χ0) is 22.5. The van der Waals surface area contributed by atoms with Gasteiger partial charge in [0.2, 0.25) is 5.88 Å². The minimum absolute atomic E-state index is 0.0216. The Bertz CT molecular complexity index is 1070. The summed E-state index contributed by atoms with van der Waals surface area (Å²) in [7, 11) is 1.61. The van der Waals surface area contributed by atoms with Crippen LogP contribution >= 0.6 is 11.3 Å². The highest BCUT2D eigenvalue weighted by Gasteiger charge is 2.28. The lowest BCUT2D eigenvalue weighted by Gasteiger charge is -2.16. The molecule has 32 heavy (non-hydrogen) atoms. The number of fused-ring (bicyclic) bond motifs is 1. The first kappa shape index (κ1) is 22.3. The second-order valence-corrected chi connectivity index (χ2v) is 8.35. The minimum Gasteiger partial charge on any atom is -0.471 e. The lowest BCUT2D eigenvalue weighted by molar-refractivity contribution is -0.447. The van der Waals surface area contributed by atoms with Crippen LogP contribution < -0.4 is 15.4 Å². The summed E-state index contributed by atoms with van der Waals surface area (Å²) in [5.74, 6) is 0.422. The number of pyridine rings is 1. The van der Waals surface area contributed by atoms with E-state index in [2.05, 4.69) is 20.6 Å². The van der Waals surface area contributed by atoms with Crippen molar-refractivity contribution < 1.29 is 28.4 Å². The van der Waals surface area contributed by atoms with Crippen LogP contribution in [0.2, 0.25) is 0 Å². The predicted molar refractivity (Wildman–Crippen MR) is 121 cm³/mol. The van der Waals surface area contributed by atoms with Gasteiger partial charge in [-0.05, 0) is 18.6 Å². The van der Waals surface area contributed by atoms with E-state index in [1.165, 1.54) is 11.3 Å². The standard InChI is InChI=1S/C21H25N5O5S/c1-3-22-20(28)25-21-23-16-11-15(13-4-6-26(7-9-29-2)17(27)10-13)18(24-19(16)32-21)31-14-5-8-30-12-14/h4,6,11,14H,3,5,7-10,12H2,1-2H3,(H-,22,23,25,28)/p+1/t14-/m1/s1. The zero-order valence-electron chi connectivity index (χ0n) is 18.1. The molecule has 0 bridgehead atoms. The van der Waals surface area contributed by atoms with Crippen LogP contribution in [0.3, 0.4) is 0 Å². The number of carbonyl (C=O) groups is 2. The van der Waals surface area contributed by atoms with Crippen molar-refractivity contribution in [3.05, 3.63) is 17.7 Å². The van der Waals surface area contributed by atoms with Gasteiger partial charge in [-0.3, -0.25) is 5.32 Å². The number of urea groups is 1. The summed E-state index contributed by atoms with van der Waals surface area (Å²) < 4.78 is 18.3. The largest absolute Gasteiger partial charge is 0.471 e. The number of anilines is 1. The quantitative estimate of drug-likeness (QED) is 0.580. The molecule has 0 aromatic carbocycles.